The summed E-state index contributed by atoms with van der Waals surface area (Å²) in [6, 6.07) is 16.6. The highest BCUT2D eigenvalue weighted by atomic mass is 16.5. The van der Waals surface area contributed by atoms with E-state index in [0.717, 1.165) is 5.56 Å². The summed E-state index contributed by atoms with van der Waals surface area (Å²) in [6.07, 6.45) is 3.20. The molecule has 1 saturated heterocycles. The molecule has 1 N–H and O–H groups in total. The lowest BCUT2D eigenvalue weighted by molar-refractivity contribution is -0.111. The lowest BCUT2D eigenvalue weighted by Crippen LogP contribution is -2.41. The van der Waals surface area contributed by atoms with E-state index in [1.165, 1.54) is 6.08 Å². The van der Waals surface area contributed by atoms with Crippen molar-refractivity contribution in [2.45, 2.75) is 0 Å². The highest BCUT2D eigenvalue weighted by Crippen LogP contribution is 2.18. The maximum Gasteiger partial charge on any atom is 0.256 e. The normalized spacial score (nSPS) is 14.5. The molecule has 1 heterocycles. The molecule has 5 nitrogen and oxygen atoms in total. The minimum atomic E-state index is -0.272. The van der Waals surface area contributed by atoms with Crippen molar-refractivity contribution in [3.05, 3.63) is 71.8 Å². The second-order valence-electron chi connectivity index (χ2n) is 5.68. The number of rotatable bonds is 4. The highest BCUT2D eigenvalue weighted by Gasteiger charge is 2.21. The van der Waals surface area contributed by atoms with E-state index in [-0.39, 0.29) is 11.8 Å². The van der Waals surface area contributed by atoms with E-state index in [0.29, 0.717) is 37.6 Å². The van der Waals surface area contributed by atoms with Crippen LogP contribution in [0.1, 0.15) is 15.9 Å². The van der Waals surface area contributed by atoms with Crippen LogP contribution in [-0.2, 0) is 9.53 Å². The molecular formula is C20H20N2O3. The molecule has 2 aromatic rings. The number of nitrogens with zero attached hydrogens (tertiary/aromatic N) is 1. The van der Waals surface area contributed by atoms with Crippen molar-refractivity contribution in [3.8, 4) is 0 Å². The number of amides is 2. The molecule has 0 saturated carbocycles. The van der Waals surface area contributed by atoms with Gasteiger partial charge in [0.1, 0.15) is 0 Å². The first-order valence-corrected chi connectivity index (χ1v) is 8.24. The third-order valence-electron chi connectivity index (χ3n) is 3.94. The van der Waals surface area contributed by atoms with Gasteiger partial charge in [-0.15, -0.1) is 0 Å². The minimum absolute atomic E-state index is 0.0914. The number of hydrogen-bond donors (Lipinski definition) is 1. The van der Waals surface area contributed by atoms with Crippen molar-refractivity contribution in [3.63, 3.8) is 0 Å². The van der Waals surface area contributed by atoms with Gasteiger partial charge in [0.2, 0.25) is 5.91 Å². The van der Waals surface area contributed by atoms with Gasteiger partial charge >= 0.3 is 0 Å². The molecule has 128 valence electrons. The zero-order chi connectivity index (χ0) is 17.5. The topological polar surface area (TPSA) is 58.6 Å². The Kier molecular flexibility index (Phi) is 5.59. The van der Waals surface area contributed by atoms with Crippen molar-refractivity contribution >= 4 is 23.6 Å². The Morgan fingerprint density at radius 1 is 0.960 bits per heavy atom. The van der Waals surface area contributed by atoms with Crippen LogP contribution in [0.4, 0.5) is 5.69 Å². The Balaban J connectivity index is 1.71. The second kappa shape index (κ2) is 8.26. The van der Waals surface area contributed by atoms with Gasteiger partial charge in [-0.3, -0.25) is 9.59 Å². The smallest absolute Gasteiger partial charge is 0.256 e. The first-order valence-electron chi connectivity index (χ1n) is 8.24. The second-order valence-corrected chi connectivity index (χ2v) is 5.68. The molecule has 0 aromatic heterocycles. The van der Waals surface area contributed by atoms with E-state index in [1.807, 2.05) is 30.3 Å². The van der Waals surface area contributed by atoms with E-state index in [4.69, 9.17) is 4.74 Å². The first kappa shape index (κ1) is 16.9. The summed E-state index contributed by atoms with van der Waals surface area (Å²) in [7, 11) is 0. The van der Waals surface area contributed by atoms with Crippen LogP contribution in [0.2, 0.25) is 0 Å². The van der Waals surface area contributed by atoms with Gasteiger partial charge in [-0.1, -0.05) is 42.5 Å². The number of para-hydroxylation sites is 1. The van der Waals surface area contributed by atoms with Gasteiger partial charge in [-0.2, -0.15) is 0 Å². The van der Waals surface area contributed by atoms with Gasteiger partial charge in [0.05, 0.1) is 24.5 Å². The molecule has 1 fully saturated rings. The first-order chi connectivity index (χ1) is 12.2. The minimum Gasteiger partial charge on any atom is -0.378 e. The molecule has 1 aliphatic heterocycles. The summed E-state index contributed by atoms with van der Waals surface area (Å²) in [6.45, 7) is 2.21. The molecule has 0 aliphatic carbocycles. The molecule has 0 bridgehead atoms. The van der Waals surface area contributed by atoms with Crippen molar-refractivity contribution < 1.29 is 14.3 Å². The molecule has 0 spiro atoms. The van der Waals surface area contributed by atoms with E-state index in [9.17, 15) is 9.59 Å². The average Bonchev–Trinajstić information content (AvgIpc) is 2.68. The van der Waals surface area contributed by atoms with E-state index < -0.39 is 0 Å². The fourth-order valence-corrected chi connectivity index (χ4v) is 2.63. The molecule has 0 radical (unpaired) electrons. The number of carbonyl (C=O) groups is 2. The maximum absolute atomic E-state index is 12.7. The Morgan fingerprint density at radius 2 is 1.64 bits per heavy atom. The van der Waals surface area contributed by atoms with Crippen molar-refractivity contribution in [2.24, 2.45) is 0 Å². The third-order valence-corrected chi connectivity index (χ3v) is 3.94. The monoisotopic (exact) mass is 336 g/mol. The summed E-state index contributed by atoms with van der Waals surface area (Å²) < 4.78 is 5.28. The van der Waals surface area contributed by atoms with Crippen molar-refractivity contribution in [2.75, 3.05) is 31.6 Å². The van der Waals surface area contributed by atoms with Gasteiger partial charge in [-0.25, -0.2) is 0 Å². The summed E-state index contributed by atoms with van der Waals surface area (Å²) in [4.78, 5) is 26.6. The van der Waals surface area contributed by atoms with Gasteiger partial charge in [-0.05, 0) is 23.8 Å². The fraction of sp³-hybridized carbons (Fsp3) is 0.200. The zero-order valence-corrected chi connectivity index (χ0v) is 13.9. The largest absolute Gasteiger partial charge is 0.378 e. The van der Waals surface area contributed by atoms with Crippen LogP contribution in [0.3, 0.4) is 0 Å². The van der Waals surface area contributed by atoms with Gasteiger partial charge in [0.25, 0.3) is 5.91 Å². The lowest BCUT2D eigenvalue weighted by Gasteiger charge is -2.27. The van der Waals surface area contributed by atoms with Gasteiger partial charge < -0.3 is 15.0 Å². The van der Waals surface area contributed by atoms with Crippen LogP contribution in [0.15, 0.2) is 60.7 Å². The van der Waals surface area contributed by atoms with Crippen LogP contribution in [0.25, 0.3) is 6.08 Å². The summed E-state index contributed by atoms with van der Waals surface area (Å²) in [5.41, 5.74) is 1.95. The van der Waals surface area contributed by atoms with E-state index >= 15 is 0 Å². The van der Waals surface area contributed by atoms with Crippen LogP contribution < -0.4 is 5.32 Å². The van der Waals surface area contributed by atoms with E-state index in [1.54, 1.807) is 35.2 Å². The molecule has 25 heavy (non-hydrogen) atoms. The molecule has 1 aliphatic rings. The number of hydrogen-bond acceptors (Lipinski definition) is 3. The Labute approximate surface area is 146 Å². The van der Waals surface area contributed by atoms with Crippen LogP contribution >= 0.6 is 0 Å². The van der Waals surface area contributed by atoms with Crippen molar-refractivity contribution in [1.82, 2.24) is 4.90 Å². The summed E-state index contributed by atoms with van der Waals surface area (Å²) in [5, 5.41) is 2.80. The molecule has 5 heteroatoms. The van der Waals surface area contributed by atoms with Crippen LogP contribution in [0, 0.1) is 0 Å². The number of carbonyl (C=O) groups excluding carboxylic acids is 2. The Morgan fingerprint density at radius 3 is 2.40 bits per heavy atom. The number of ether oxygens (including phenoxy) is 1. The molecule has 2 amide bonds. The number of anilines is 1. The van der Waals surface area contributed by atoms with Crippen LogP contribution in [0.5, 0.6) is 0 Å². The Bertz CT molecular complexity index is 766. The quantitative estimate of drug-likeness (QED) is 0.874. The van der Waals surface area contributed by atoms with Gasteiger partial charge in [0.15, 0.2) is 0 Å². The van der Waals surface area contributed by atoms with Crippen LogP contribution in [-0.4, -0.2) is 43.0 Å². The highest BCUT2D eigenvalue weighted by molar-refractivity contribution is 6.07. The van der Waals surface area contributed by atoms with Crippen molar-refractivity contribution in [1.29, 1.82) is 0 Å². The SMILES string of the molecule is O=C(/C=C/c1ccccc1)Nc1ccccc1C(=O)N1CCOCC1. The predicted octanol–water partition coefficient (Wildman–Crippen LogP) is 2.81. The predicted molar refractivity (Wildman–Crippen MR) is 97.3 cm³/mol. The molecule has 3 rings (SSSR count). The molecule has 0 unspecified atom stereocenters. The average molecular weight is 336 g/mol. The third kappa shape index (κ3) is 4.55. The number of morpholine rings is 1. The summed E-state index contributed by atoms with van der Waals surface area (Å²) in [5.74, 6) is -0.364. The fourth-order valence-electron chi connectivity index (χ4n) is 2.63. The summed E-state index contributed by atoms with van der Waals surface area (Å²) >= 11 is 0. The van der Waals surface area contributed by atoms with Gasteiger partial charge in [0, 0.05) is 19.2 Å². The Hall–Kier alpha value is -2.92. The standard InChI is InChI=1S/C20H20N2O3/c23-19(11-10-16-6-2-1-3-7-16)21-18-9-5-4-8-17(18)20(24)22-12-14-25-15-13-22/h1-11H,12-15H2,(H,21,23)/b11-10+. The number of nitrogens with one attached hydrogen (secondary N) is 1. The zero-order valence-electron chi connectivity index (χ0n) is 13.9. The lowest BCUT2D eigenvalue weighted by atomic mass is 10.1. The maximum atomic E-state index is 12.7. The molecule has 2 aromatic carbocycles. The number of benzene rings is 2. The molecular weight excluding hydrogens is 316 g/mol. The molecule has 0 atom stereocenters. The van der Waals surface area contributed by atoms with E-state index in [2.05, 4.69) is 5.32 Å².